The molecule has 1 amide bonds. The van der Waals surface area contributed by atoms with Crippen LogP contribution in [0.3, 0.4) is 0 Å². The van der Waals surface area contributed by atoms with E-state index in [9.17, 15) is 4.79 Å². The molecule has 0 aliphatic heterocycles. The number of aryl methyl sites for hydroxylation is 1. The third-order valence-corrected chi connectivity index (χ3v) is 4.73. The molecule has 0 bridgehead atoms. The lowest BCUT2D eigenvalue weighted by atomic mass is 10.1. The van der Waals surface area contributed by atoms with Crippen molar-refractivity contribution >= 4 is 16.9 Å². The number of pyridine rings is 1. The molecule has 4 aromatic rings. The number of amides is 1. The quantitative estimate of drug-likeness (QED) is 0.547. The minimum Gasteiger partial charge on any atom is -0.497 e. The second-order valence-electron chi connectivity index (χ2n) is 6.89. The smallest absolute Gasteiger partial charge is 0.252 e. The molecule has 0 aliphatic carbocycles. The van der Waals surface area contributed by atoms with Gasteiger partial charge in [0.15, 0.2) is 5.65 Å². The second kappa shape index (κ2) is 7.75. The molecule has 0 saturated carbocycles. The Hall–Kier alpha value is -3.68. The van der Waals surface area contributed by atoms with Gasteiger partial charge in [-0.05, 0) is 43.3 Å². The van der Waals surface area contributed by atoms with Gasteiger partial charge in [-0.2, -0.15) is 10.2 Å². The van der Waals surface area contributed by atoms with Gasteiger partial charge in [-0.1, -0.05) is 0 Å². The van der Waals surface area contributed by atoms with Crippen molar-refractivity contribution in [2.45, 2.75) is 19.5 Å². The number of hydrogen-bond acceptors (Lipinski definition) is 5. The summed E-state index contributed by atoms with van der Waals surface area (Å²) >= 11 is 0. The van der Waals surface area contributed by atoms with Crippen molar-refractivity contribution in [3.05, 3.63) is 60.6 Å². The molecule has 0 unspecified atom stereocenters. The Labute approximate surface area is 168 Å². The first kappa shape index (κ1) is 18.7. The van der Waals surface area contributed by atoms with Crippen LogP contribution in [0.2, 0.25) is 0 Å². The summed E-state index contributed by atoms with van der Waals surface area (Å²) < 4.78 is 8.69. The van der Waals surface area contributed by atoms with Gasteiger partial charge in [-0.15, -0.1) is 0 Å². The van der Waals surface area contributed by atoms with Gasteiger partial charge in [0.2, 0.25) is 0 Å². The number of benzene rings is 1. The third kappa shape index (κ3) is 3.82. The zero-order valence-electron chi connectivity index (χ0n) is 16.5. The van der Waals surface area contributed by atoms with Gasteiger partial charge >= 0.3 is 0 Å². The molecule has 1 aromatic carbocycles. The second-order valence-corrected chi connectivity index (χ2v) is 6.89. The molecule has 8 nitrogen and oxygen atoms in total. The maximum atomic E-state index is 13.1. The summed E-state index contributed by atoms with van der Waals surface area (Å²) in [7, 11) is 3.44. The largest absolute Gasteiger partial charge is 0.497 e. The van der Waals surface area contributed by atoms with E-state index in [-0.39, 0.29) is 11.9 Å². The highest BCUT2D eigenvalue weighted by atomic mass is 16.5. The Bertz CT molecular complexity index is 1130. The molecule has 3 heterocycles. The molecule has 0 aliphatic rings. The number of hydrogen-bond donors (Lipinski definition) is 1. The molecule has 1 N–H and O–H groups in total. The van der Waals surface area contributed by atoms with Crippen LogP contribution in [0.15, 0.2) is 55.0 Å². The molecule has 8 heteroatoms. The van der Waals surface area contributed by atoms with Gasteiger partial charge in [-0.25, -0.2) is 4.98 Å². The molecule has 29 heavy (non-hydrogen) atoms. The Morgan fingerprint density at radius 2 is 2.03 bits per heavy atom. The van der Waals surface area contributed by atoms with Crippen LogP contribution in [0.25, 0.3) is 22.3 Å². The van der Waals surface area contributed by atoms with E-state index in [4.69, 9.17) is 9.72 Å². The lowest BCUT2D eigenvalue weighted by Crippen LogP contribution is -2.36. The van der Waals surface area contributed by atoms with Crippen LogP contribution in [-0.2, 0) is 13.6 Å². The Kier molecular flexibility index (Phi) is 4.99. The maximum absolute atomic E-state index is 13.1. The van der Waals surface area contributed by atoms with Crippen molar-refractivity contribution in [2.75, 3.05) is 7.11 Å². The van der Waals surface area contributed by atoms with E-state index in [1.807, 2.05) is 56.6 Å². The van der Waals surface area contributed by atoms with Gasteiger partial charge < -0.3 is 10.1 Å². The van der Waals surface area contributed by atoms with E-state index in [0.29, 0.717) is 28.8 Å². The van der Waals surface area contributed by atoms with E-state index in [1.54, 1.807) is 28.9 Å². The van der Waals surface area contributed by atoms with E-state index < -0.39 is 0 Å². The van der Waals surface area contributed by atoms with E-state index >= 15 is 0 Å². The van der Waals surface area contributed by atoms with Gasteiger partial charge in [0.25, 0.3) is 5.91 Å². The molecule has 148 valence electrons. The SMILES string of the molecule is COc1ccc(-c2cc(C(=O)N[C@@H](C)Cn3cccn3)c3cnn(C)c3n2)cc1. The minimum absolute atomic E-state index is 0.0910. The number of rotatable bonds is 6. The first-order chi connectivity index (χ1) is 14.0. The summed E-state index contributed by atoms with van der Waals surface area (Å²) in [5, 5.41) is 12.2. The molecule has 0 fully saturated rings. The first-order valence-corrected chi connectivity index (χ1v) is 9.30. The van der Waals surface area contributed by atoms with E-state index in [0.717, 1.165) is 11.3 Å². The predicted molar refractivity (Wildman–Crippen MR) is 110 cm³/mol. The van der Waals surface area contributed by atoms with Crippen molar-refractivity contribution in [3.8, 4) is 17.0 Å². The zero-order valence-corrected chi connectivity index (χ0v) is 16.5. The van der Waals surface area contributed by atoms with Crippen LogP contribution < -0.4 is 10.1 Å². The average molecular weight is 390 g/mol. The van der Waals surface area contributed by atoms with Crippen molar-refractivity contribution in [2.24, 2.45) is 7.05 Å². The Balaban J connectivity index is 1.67. The zero-order chi connectivity index (χ0) is 20.4. The standard InChI is InChI=1S/C21H22N6O2/c1-14(13-27-10-4-9-22-27)24-21(28)17-11-19(15-5-7-16(29-3)8-6-15)25-20-18(17)12-23-26(20)2/h4-12,14H,13H2,1-3H3,(H,24,28)/t14-/m0/s1. The van der Waals surface area contributed by atoms with Crippen LogP contribution in [0, 0.1) is 0 Å². The third-order valence-electron chi connectivity index (χ3n) is 4.73. The molecule has 4 rings (SSSR count). The van der Waals surface area contributed by atoms with E-state index in [2.05, 4.69) is 15.5 Å². The van der Waals surface area contributed by atoms with E-state index in [1.165, 1.54) is 0 Å². The molecule has 0 saturated heterocycles. The number of carbonyl (C=O) groups excluding carboxylic acids is 1. The summed E-state index contributed by atoms with van der Waals surface area (Å²) in [4.78, 5) is 17.8. The van der Waals surface area contributed by atoms with Crippen molar-refractivity contribution < 1.29 is 9.53 Å². The number of aromatic nitrogens is 5. The Morgan fingerprint density at radius 3 is 2.72 bits per heavy atom. The Morgan fingerprint density at radius 1 is 1.24 bits per heavy atom. The maximum Gasteiger partial charge on any atom is 0.252 e. The summed E-state index contributed by atoms with van der Waals surface area (Å²) in [6.07, 6.45) is 5.27. The van der Waals surface area contributed by atoms with Crippen molar-refractivity contribution in [3.63, 3.8) is 0 Å². The number of carbonyl (C=O) groups is 1. The topological polar surface area (TPSA) is 86.9 Å². The number of ether oxygens (including phenoxy) is 1. The first-order valence-electron chi connectivity index (χ1n) is 9.30. The van der Waals surface area contributed by atoms with Crippen LogP contribution in [-0.4, -0.2) is 43.6 Å². The van der Waals surface area contributed by atoms with Crippen molar-refractivity contribution in [1.82, 2.24) is 29.9 Å². The molecule has 3 aromatic heterocycles. The van der Waals surface area contributed by atoms with Crippen LogP contribution in [0.1, 0.15) is 17.3 Å². The average Bonchev–Trinajstić information content (AvgIpc) is 3.37. The molecule has 0 spiro atoms. The van der Waals surface area contributed by atoms with Gasteiger partial charge in [0, 0.05) is 31.0 Å². The summed E-state index contributed by atoms with van der Waals surface area (Å²) in [5.41, 5.74) is 2.80. The normalized spacial score (nSPS) is 12.1. The number of methoxy groups -OCH3 is 1. The van der Waals surface area contributed by atoms with Gasteiger partial charge in [0.1, 0.15) is 5.75 Å². The molecular formula is C21H22N6O2. The van der Waals surface area contributed by atoms with Crippen LogP contribution >= 0.6 is 0 Å². The summed E-state index contributed by atoms with van der Waals surface area (Å²) in [6, 6.07) is 11.2. The fraction of sp³-hybridized carbons (Fsp3) is 0.238. The predicted octanol–water partition coefficient (Wildman–Crippen LogP) is 2.66. The summed E-state index contributed by atoms with van der Waals surface area (Å²) in [5.74, 6) is 0.598. The lowest BCUT2D eigenvalue weighted by Gasteiger charge is -2.15. The van der Waals surface area contributed by atoms with Crippen molar-refractivity contribution in [1.29, 1.82) is 0 Å². The highest BCUT2D eigenvalue weighted by molar-refractivity contribution is 6.06. The number of nitrogens with zero attached hydrogens (tertiary/aromatic N) is 5. The van der Waals surface area contributed by atoms with Crippen LogP contribution in [0.5, 0.6) is 5.75 Å². The molecular weight excluding hydrogens is 368 g/mol. The highest BCUT2D eigenvalue weighted by Gasteiger charge is 2.18. The van der Waals surface area contributed by atoms with Gasteiger partial charge in [0.05, 0.1) is 36.5 Å². The number of fused-ring (bicyclic) bond motifs is 1. The van der Waals surface area contributed by atoms with Crippen LogP contribution in [0.4, 0.5) is 0 Å². The summed E-state index contributed by atoms with van der Waals surface area (Å²) in [6.45, 7) is 2.54. The number of nitrogens with one attached hydrogen (secondary N) is 1. The molecule has 0 radical (unpaired) electrons. The lowest BCUT2D eigenvalue weighted by molar-refractivity contribution is 0.0937. The minimum atomic E-state index is -0.167. The van der Waals surface area contributed by atoms with Gasteiger partial charge in [-0.3, -0.25) is 14.2 Å². The highest BCUT2D eigenvalue weighted by Crippen LogP contribution is 2.26. The fourth-order valence-corrected chi connectivity index (χ4v) is 3.25. The fourth-order valence-electron chi connectivity index (χ4n) is 3.25. The monoisotopic (exact) mass is 390 g/mol. The molecule has 1 atom stereocenters.